The van der Waals surface area contributed by atoms with Crippen LogP contribution in [-0.2, 0) is 17.7 Å². The number of rotatable bonds is 7. The summed E-state index contributed by atoms with van der Waals surface area (Å²) in [5.74, 6) is 2.11. The normalized spacial score (nSPS) is 20.3. The highest BCUT2D eigenvalue weighted by Gasteiger charge is 2.22. The molecule has 0 radical (unpaired) electrons. The van der Waals surface area contributed by atoms with Crippen molar-refractivity contribution >= 4 is 10.9 Å². The molecule has 1 N–H and O–H groups in total. The third-order valence-corrected chi connectivity index (χ3v) is 6.17. The maximum Gasteiger partial charge on any atom is 0.257 e. The van der Waals surface area contributed by atoms with Gasteiger partial charge in [-0.3, -0.25) is 4.98 Å². The van der Waals surface area contributed by atoms with E-state index >= 15 is 0 Å². The zero-order valence-electron chi connectivity index (χ0n) is 18.4. The number of fused-ring (bicyclic) bond motifs is 2. The van der Waals surface area contributed by atoms with Crippen LogP contribution in [0.2, 0.25) is 0 Å². The average molecular weight is 436 g/mol. The molecular formula is C25H29N3O4. The van der Waals surface area contributed by atoms with E-state index in [1.54, 1.807) is 13.3 Å². The standard InChI is InChI=1S/C25H29N3O4/c1-29-21-13-22-17(3-2-4-23(22)27-15-21)5-8-20-9-6-19(16-32-20)26-14-18-7-10-24-25(28-18)31-12-11-30-24/h2-4,7,10,13,15,19-20,26H,5-6,8-9,11-12,14,16H2,1H3/t19-,20+/m1/s1. The Morgan fingerprint density at radius 3 is 2.94 bits per heavy atom. The van der Waals surface area contributed by atoms with Crippen molar-refractivity contribution in [2.75, 3.05) is 26.9 Å². The Hall–Kier alpha value is -2.90. The Balaban J connectivity index is 1.10. The highest BCUT2D eigenvalue weighted by Crippen LogP contribution is 2.28. The number of hydrogen-bond donors (Lipinski definition) is 1. The fourth-order valence-electron chi connectivity index (χ4n) is 4.35. The number of methoxy groups -OCH3 is 1. The smallest absolute Gasteiger partial charge is 0.257 e. The van der Waals surface area contributed by atoms with Crippen LogP contribution in [0.25, 0.3) is 10.9 Å². The van der Waals surface area contributed by atoms with Gasteiger partial charge < -0.3 is 24.3 Å². The number of nitrogens with one attached hydrogen (secondary N) is 1. The van der Waals surface area contributed by atoms with Crippen molar-refractivity contribution < 1.29 is 18.9 Å². The predicted molar refractivity (Wildman–Crippen MR) is 121 cm³/mol. The molecule has 2 atom stereocenters. The lowest BCUT2D eigenvalue weighted by Crippen LogP contribution is -2.39. The van der Waals surface area contributed by atoms with Crippen LogP contribution in [0.15, 0.2) is 42.6 Å². The van der Waals surface area contributed by atoms with Gasteiger partial charge in [0.25, 0.3) is 5.88 Å². The van der Waals surface area contributed by atoms with Crippen LogP contribution in [0.4, 0.5) is 0 Å². The summed E-state index contributed by atoms with van der Waals surface area (Å²) in [6.07, 6.45) is 6.18. The first-order valence-electron chi connectivity index (χ1n) is 11.3. The first-order chi connectivity index (χ1) is 15.8. The molecule has 3 aromatic rings. The van der Waals surface area contributed by atoms with Crippen molar-refractivity contribution in [2.45, 2.75) is 44.4 Å². The molecule has 0 bridgehead atoms. The van der Waals surface area contributed by atoms with Crippen LogP contribution in [0.3, 0.4) is 0 Å². The van der Waals surface area contributed by atoms with Crippen LogP contribution >= 0.6 is 0 Å². The lowest BCUT2D eigenvalue weighted by atomic mass is 9.97. The van der Waals surface area contributed by atoms with Gasteiger partial charge in [0.1, 0.15) is 19.0 Å². The van der Waals surface area contributed by atoms with E-state index in [1.807, 2.05) is 18.2 Å². The van der Waals surface area contributed by atoms with E-state index in [-0.39, 0.29) is 6.10 Å². The van der Waals surface area contributed by atoms with Gasteiger partial charge in [-0.1, -0.05) is 12.1 Å². The molecule has 0 aliphatic carbocycles. The van der Waals surface area contributed by atoms with E-state index in [0.717, 1.165) is 60.4 Å². The summed E-state index contributed by atoms with van der Waals surface area (Å²) in [5.41, 5.74) is 3.25. The molecule has 168 valence electrons. The Labute approximate surface area is 188 Å². The summed E-state index contributed by atoms with van der Waals surface area (Å²) < 4.78 is 22.6. The molecule has 1 aromatic carbocycles. The molecule has 0 unspecified atom stereocenters. The number of aryl methyl sites for hydroxylation is 1. The lowest BCUT2D eigenvalue weighted by Gasteiger charge is -2.30. The number of ether oxygens (including phenoxy) is 4. The summed E-state index contributed by atoms with van der Waals surface area (Å²) in [4.78, 5) is 9.05. The summed E-state index contributed by atoms with van der Waals surface area (Å²) in [6, 6.07) is 12.6. The minimum Gasteiger partial charge on any atom is -0.495 e. The van der Waals surface area contributed by atoms with Crippen LogP contribution in [0, 0.1) is 0 Å². The summed E-state index contributed by atoms with van der Waals surface area (Å²) >= 11 is 0. The van der Waals surface area contributed by atoms with Crippen molar-refractivity contribution in [2.24, 2.45) is 0 Å². The van der Waals surface area contributed by atoms with E-state index in [0.29, 0.717) is 31.7 Å². The van der Waals surface area contributed by atoms with Gasteiger partial charge in [0.15, 0.2) is 5.75 Å². The quantitative estimate of drug-likeness (QED) is 0.607. The van der Waals surface area contributed by atoms with Crippen LogP contribution in [-0.4, -0.2) is 49.0 Å². The Morgan fingerprint density at radius 1 is 1.12 bits per heavy atom. The van der Waals surface area contributed by atoms with E-state index < -0.39 is 0 Å². The fourth-order valence-corrected chi connectivity index (χ4v) is 4.35. The van der Waals surface area contributed by atoms with E-state index in [2.05, 4.69) is 33.5 Å². The second-order valence-corrected chi connectivity index (χ2v) is 8.31. The predicted octanol–water partition coefficient (Wildman–Crippen LogP) is 3.68. The molecule has 0 spiro atoms. The van der Waals surface area contributed by atoms with Gasteiger partial charge in [0, 0.05) is 18.0 Å². The number of hydrogen-bond acceptors (Lipinski definition) is 7. The SMILES string of the molecule is COc1cnc2cccc(CC[C@H]3CC[C@@H](NCc4ccc5c(n4)OCCO5)CO3)c2c1. The zero-order valence-corrected chi connectivity index (χ0v) is 18.4. The molecule has 7 heteroatoms. The minimum absolute atomic E-state index is 0.286. The molecule has 2 aromatic heterocycles. The van der Waals surface area contributed by atoms with Crippen molar-refractivity contribution in [3.05, 3.63) is 53.9 Å². The maximum absolute atomic E-state index is 6.18. The molecule has 0 amide bonds. The largest absolute Gasteiger partial charge is 0.495 e. The summed E-state index contributed by atoms with van der Waals surface area (Å²) in [5, 5.41) is 4.73. The average Bonchev–Trinajstić information content (AvgIpc) is 2.86. The molecule has 32 heavy (non-hydrogen) atoms. The molecular weight excluding hydrogens is 406 g/mol. The van der Waals surface area contributed by atoms with Gasteiger partial charge in [-0.15, -0.1) is 0 Å². The Morgan fingerprint density at radius 2 is 2.06 bits per heavy atom. The van der Waals surface area contributed by atoms with E-state index in [1.165, 1.54) is 5.56 Å². The zero-order chi connectivity index (χ0) is 21.8. The van der Waals surface area contributed by atoms with Crippen molar-refractivity contribution in [3.8, 4) is 17.4 Å². The number of aromatic nitrogens is 2. The fraction of sp³-hybridized carbons (Fsp3) is 0.440. The second kappa shape index (κ2) is 9.71. The van der Waals surface area contributed by atoms with Crippen molar-refractivity contribution in [1.82, 2.24) is 15.3 Å². The number of nitrogens with zero attached hydrogens (tertiary/aromatic N) is 2. The minimum atomic E-state index is 0.286. The van der Waals surface area contributed by atoms with Gasteiger partial charge in [-0.25, -0.2) is 4.98 Å². The van der Waals surface area contributed by atoms with E-state index in [4.69, 9.17) is 18.9 Å². The molecule has 1 fully saturated rings. The van der Waals surface area contributed by atoms with Crippen molar-refractivity contribution in [1.29, 1.82) is 0 Å². The molecule has 1 saturated heterocycles. The monoisotopic (exact) mass is 435 g/mol. The molecule has 4 heterocycles. The van der Waals surface area contributed by atoms with E-state index in [9.17, 15) is 0 Å². The van der Waals surface area contributed by atoms with Gasteiger partial charge in [0.05, 0.1) is 37.2 Å². The summed E-state index contributed by atoms with van der Waals surface area (Å²) in [6.45, 7) is 2.55. The molecule has 5 rings (SSSR count). The first-order valence-corrected chi connectivity index (χ1v) is 11.3. The molecule has 7 nitrogen and oxygen atoms in total. The topological polar surface area (TPSA) is 74.7 Å². The highest BCUT2D eigenvalue weighted by atomic mass is 16.6. The van der Waals surface area contributed by atoms with Gasteiger partial charge in [-0.2, -0.15) is 0 Å². The third kappa shape index (κ3) is 4.79. The highest BCUT2D eigenvalue weighted by molar-refractivity contribution is 5.83. The Kier molecular flexibility index (Phi) is 6.36. The Bertz CT molecular complexity index is 1070. The van der Waals surface area contributed by atoms with Crippen LogP contribution < -0.4 is 19.5 Å². The molecule has 0 saturated carbocycles. The second-order valence-electron chi connectivity index (χ2n) is 8.31. The van der Waals surface area contributed by atoms with Crippen LogP contribution in [0.5, 0.6) is 17.4 Å². The van der Waals surface area contributed by atoms with Gasteiger partial charge >= 0.3 is 0 Å². The third-order valence-electron chi connectivity index (χ3n) is 6.17. The summed E-state index contributed by atoms with van der Waals surface area (Å²) in [7, 11) is 1.68. The van der Waals surface area contributed by atoms with Gasteiger partial charge in [-0.05, 0) is 55.5 Å². The number of pyridine rings is 2. The first kappa shape index (κ1) is 21.0. The molecule has 2 aliphatic heterocycles. The van der Waals surface area contributed by atoms with Gasteiger partial charge in [0.2, 0.25) is 0 Å². The van der Waals surface area contributed by atoms with Crippen LogP contribution in [0.1, 0.15) is 30.5 Å². The maximum atomic E-state index is 6.18. The number of benzene rings is 1. The van der Waals surface area contributed by atoms with Crippen molar-refractivity contribution in [3.63, 3.8) is 0 Å². The lowest BCUT2D eigenvalue weighted by molar-refractivity contribution is -0.00701. The molecule has 2 aliphatic rings.